The maximum atomic E-state index is 13.4. The number of halogens is 1. The third kappa shape index (κ3) is 5.75. The van der Waals surface area contributed by atoms with Gasteiger partial charge in [0.05, 0.1) is 0 Å². The van der Waals surface area contributed by atoms with Crippen molar-refractivity contribution in [1.29, 1.82) is 0 Å². The molecule has 1 unspecified atom stereocenters. The smallest absolute Gasteiger partial charge is 0.318 e. The number of imidazole rings is 1. The molecule has 13 heteroatoms. The lowest BCUT2D eigenvalue weighted by molar-refractivity contribution is -0.125. The van der Waals surface area contributed by atoms with E-state index in [0.717, 1.165) is 17.7 Å². The van der Waals surface area contributed by atoms with Gasteiger partial charge in [-0.3, -0.25) is 9.36 Å². The van der Waals surface area contributed by atoms with E-state index < -0.39 is 6.04 Å². The van der Waals surface area contributed by atoms with Crippen LogP contribution in [0.5, 0.6) is 11.5 Å². The van der Waals surface area contributed by atoms with Crippen LogP contribution in [0.1, 0.15) is 18.9 Å². The minimum atomic E-state index is -0.720. The van der Waals surface area contributed by atoms with E-state index >= 15 is 0 Å². The van der Waals surface area contributed by atoms with Crippen LogP contribution >= 0.6 is 11.6 Å². The normalized spacial score (nSPS) is 16.4. The molecule has 1 fully saturated rings. The highest BCUT2D eigenvalue weighted by Gasteiger charge is 2.36. The molecule has 3 aromatic rings. The van der Waals surface area contributed by atoms with Crippen LogP contribution in [0.2, 0.25) is 5.15 Å². The number of anilines is 1. The molecule has 3 amide bonds. The number of carbonyl (C=O) groups excluding carboxylic acids is 2. The Morgan fingerprint density at radius 1 is 1.11 bits per heavy atom. The quantitative estimate of drug-likeness (QED) is 0.415. The van der Waals surface area contributed by atoms with Gasteiger partial charge in [-0.2, -0.15) is 4.98 Å². The number of hydrogen-bond donors (Lipinski definition) is 2. The van der Waals surface area contributed by atoms with Crippen LogP contribution in [0, 0.1) is 0 Å². The topological polar surface area (TPSA) is 127 Å². The molecule has 200 valence electrons. The summed E-state index contributed by atoms with van der Waals surface area (Å²) in [4.78, 5) is 42.8. The summed E-state index contributed by atoms with van der Waals surface area (Å²) in [5.41, 5.74) is 1.01. The molecule has 12 nitrogen and oxygen atoms in total. The molecule has 4 heterocycles. The minimum absolute atomic E-state index is 0.213. The zero-order valence-corrected chi connectivity index (χ0v) is 21.7. The number of ether oxygens (including phenoxy) is 2. The second-order valence-electron chi connectivity index (χ2n) is 8.93. The molecular formula is C25H29ClN8O4. The van der Waals surface area contributed by atoms with Crippen molar-refractivity contribution >= 4 is 29.4 Å². The SMILES string of the molecule is CCCNC(=O)N1CCN(c2cc(Cl)nc(-n3ccnc3)n2)CC1C(=O)NCCc1ccc2c(c1)OCO2. The van der Waals surface area contributed by atoms with Crippen molar-refractivity contribution in [3.05, 3.63) is 53.7 Å². The fourth-order valence-corrected chi connectivity index (χ4v) is 4.56. The standard InChI is InChI=1S/C25H29ClN8O4/c1-2-6-29-25(36)34-11-10-32(22-13-21(26)30-24(31-22)33-9-8-27-15-33)14-18(34)23(35)28-7-5-17-3-4-19-20(12-17)38-16-37-19/h3-4,8-9,12-13,15,18H,2,5-7,10-11,14,16H2,1H3,(H,28,35)(H,29,36). The van der Waals surface area contributed by atoms with Crippen LogP contribution in [0.15, 0.2) is 43.0 Å². The fourth-order valence-electron chi connectivity index (χ4n) is 4.39. The van der Waals surface area contributed by atoms with Gasteiger partial charge < -0.3 is 29.9 Å². The fraction of sp³-hybridized carbons (Fsp3) is 0.400. The van der Waals surface area contributed by atoms with Crippen LogP contribution in [0.3, 0.4) is 0 Å². The Morgan fingerprint density at radius 3 is 2.79 bits per heavy atom. The number of benzene rings is 1. The Kier molecular flexibility index (Phi) is 7.78. The monoisotopic (exact) mass is 540 g/mol. The van der Waals surface area contributed by atoms with Crippen LogP contribution < -0.4 is 25.0 Å². The first-order valence-electron chi connectivity index (χ1n) is 12.5. The number of rotatable bonds is 8. The largest absolute Gasteiger partial charge is 0.454 e. The van der Waals surface area contributed by atoms with Crippen LogP contribution in [-0.2, 0) is 11.2 Å². The minimum Gasteiger partial charge on any atom is -0.454 e. The number of nitrogens with zero attached hydrogens (tertiary/aromatic N) is 6. The number of amides is 3. The molecule has 0 bridgehead atoms. The van der Waals surface area contributed by atoms with Gasteiger partial charge in [0.15, 0.2) is 11.5 Å². The average Bonchev–Trinajstić information content (AvgIpc) is 3.63. The Balaban J connectivity index is 1.29. The molecular weight excluding hydrogens is 512 g/mol. The number of hydrogen-bond acceptors (Lipinski definition) is 8. The summed E-state index contributed by atoms with van der Waals surface area (Å²) in [7, 11) is 0. The van der Waals surface area contributed by atoms with Gasteiger partial charge in [-0.25, -0.2) is 14.8 Å². The summed E-state index contributed by atoms with van der Waals surface area (Å²) >= 11 is 6.30. The zero-order valence-electron chi connectivity index (χ0n) is 21.0. The Labute approximate surface area is 224 Å². The molecule has 2 N–H and O–H groups in total. The summed E-state index contributed by atoms with van der Waals surface area (Å²) in [6.45, 7) is 4.22. The summed E-state index contributed by atoms with van der Waals surface area (Å²) in [5.74, 6) is 2.12. The summed E-state index contributed by atoms with van der Waals surface area (Å²) < 4.78 is 12.5. The van der Waals surface area contributed by atoms with Crippen molar-refractivity contribution in [1.82, 2.24) is 35.1 Å². The van der Waals surface area contributed by atoms with Crippen molar-refractivity contribution in [2.75, 3.05) is 44.4 Å². The first kappa shape index (κ1) is 25.6. The van der Waals surface area contributed by atoms with Gasteiger partial charge in [-0.15, -0.1) is 0 Å². The van der Waals surface area contributed by atoms with E-state index in [9.17, 15) is 9.59 Å². The Morgan fingerprint density at radius 2 is 1.97 bits per heavy atom. The second-order valence-corrected chi connectivity index (χ2v) is 9.32. The van der Waals surface area contributed by atoms with E-state index in [0.29, 0.717) is 50.1 Å². The Bertz CT molecular complexity index is 1290. The molecule has 2 aromatic heterocycles. The maximum absolute atomic E-state index is 13.4. The van der Waals surface area contributed by atoms with Gasteiger partial charge in [0.1, 0.15) is 23.3 Å². The molecule has 0 aliphatic carbocycles. The maximum Gasteiger partial charge on any atom is 0.318 e. The van der Waals surface area contributed by atoms with E-state index in [1.165, 1.54) is 0 Å². The molecule has 1 aromatic carbocycles. The third-order valence-corrected chi connectivity index (χ3v) is 6.54. The van der Waals surface area contributed by atoms with E-state index in [1.807, 2.05) is 30.0 Å². The highest BCUT2D eigenvalue weighted by atomic mass is 35.5. The lowest BCUT2D eigenvalue weighted by Gasteiger charge is -2.41. The first-order valence-corrected chi connectivity index (χ1v) is 12.9. The third-order valence-electron chi connectivity index (χ3n) is 6.35. The van der Waals surface area contributed by atoms with Gasteiger partial charge in [0, 0.05) is 51.2 Å². The van der Waals surface area contributed by atoms with E-state index in [-0.39, 0.29) is 30.4 Å². The molecule has 1 atom stereocenters. The second kappa shape index (κ2) is 11.5. The molecule has 38 heavy (non-hydrogen) atoms. The number of aromatic nitrogens is 4. The van der Waals surface area contributed by atoms with Gasteiger partial charge >= 0.3 is 6.03 Å². The molecule has 1 saturated heterocycles. The highest BCUT2D eigenvalue weighted by molar-refractivity contribution is 6.29. The van der Waals surface area contributed by atoms with Crippen molar-refractivity contribution in [2.45, 2.75) is 25.8 Å². The lowest BCUT2D eigenvalue weighted by Crippen LogP contribution is -2.62. The van der Waals surface area contributed by atoms with E-state index in [2.05, 4.69) is 25.6 Å². The summed E-state index contributed by atoms with van der Waals surface area (Å²) in [6.07, 6.45) is 6.34. The van der Waals surface area contributed by atoms with Gasteiger partial charge in [-0.1, -0.05) is 24.6 Å². The zero-order chi connectivity index (χ0) is 26.5. The predicted molar refractivity (Wildman–Crippen MR) is 140 cm³/mol. The molecule has 0 spiro atoms. The van der Waals surface area contributed by atoms with Crippen LogP contribution in [0.25, 0.3) is 5.95 Å². The van der Waals surface area contributed by atoms with E-state index in [4.69, 9.17) is 21.1 Å². The van der Waals surface area contributed by atoms with Gasteiger partial charge in [-0.05, 0) is 30.5 Å². The van der Waals surface area contributed by atoms with Crippen molar-refractivity contribution in [2.24, 2.45) is 0 Å². The number of carbonyl (C=O) groups is 2. The summed E-state index contributed by atoms with van der Waals surface area (Å²) in [5, 5.41) is 6.16. The van der Waals surface area contributed by atoms with Crippen molar-refractivity contribution in [3.8, 4) is 17.4 Å². The van der Waals surface area contributed by atoms with E-state index in [1.54, 1.807) is 34.3 Å². The average molecular weight is 541 g/mol. The molecule has 2 aliphatic rings. The highest BCUT2D eigenvalue weighted by Crippen LogP contribution is 2.32. The number of piperazine rings is 1. The van der Waals surface area contributed by atoms with Gasteiger partial charge in [0.2, 0.25) is 18.6 Å². The van der Waals surface area contributed by atoms with Crippen molar-refractivity contribution in [3.63, 3.8) is 0 Å². The van der Waals surface area contributed by atoms with Gasteiger partial charge in [0.25, 0.3) is 0 Å². The predicted octanol–water partition coefficient (Wildman–Crippen LogP) is 2.01. The number of nitrogens with one attached hydrogen (secondary N) is 2. The first-order chi connectivity index (χ1) is 18.5. The molecule has 0 saturated carbocycles. The molecule has 2 aliphatic heterocycles. The van der Waals surface area contributed by atoms with Crippen LogP contribution in [-0.4, -0.2) is 81.9 Å². The van der Waals surface area contributed by atoms with Crippen molar-refractivity contribution < 1.29 is 19.1 Å². The lowest BCUT2D eigenvalue weighted by atomic mass is 10.1. The molecule has 0 radical (unpaired) electrons. The molecule has 5 rings (SSSR count). The number of urea groups is 1. The van der Waals surface area contributed by atoms with Crippen LogP contribution in [0.4, 0.5) is 10.6 Å². The summed E-state index contributed by atoms with van der Waals surface area (Å²) in [6, 6.07) is 6.40. The number of fused-ring (bicyclic) bond motifs is 1. The Hall–Kier alpha value is -4.06.